The van der Waals surface area contributed by atoms with Crippen LogP contribution >= 0.6 is 0 Å². The minimum atomic E-state index is -0.188. The fourth-order valence-corrected chi connectivity index (χ4v) is 1.99. The second-order valence-electron chi connectivity index (χ2n) is 4.19. The summed E-state index contributed by atoms with van der Waals surface area (Å²) in [5, 5.41) is 4.19. The lowest BCUT2D eigenvalue weighted by atomic mass is 10.1. The molecular formula is C14H17N3O3. The van der Waals surface area contributed by atoms with Gasteiger partial charge in [-0.05, 0) is 12.5 Å². The maximum absolute atomic E-state index is 12.7. The van der Waals surface area contributed by atoms with Crippen molar-refractivity contribution in [1.82, 2.24) is 14.8 Å². The van der Waals surface area contributed by atoms with Crippen molar-refractivity contribution < 1.29 is 14.3 Å². The molecule has 0 radical (unpaired) electrons. The number of hydrogen-bond donors (Lipinski definition) is 0. The van der Waals surface area contributed by atoms with E-state index in [0.717, 1.165) is 6.42 Å². The van der Waals surface area contributed by atoms with Gasteiger partial charge in [0.15, 0.2) is 11.4 Å². The Balaban J connectivity index is 2.49. The van der Waals surface area contributed by atoms with Crippen LogP contribution in [0.3, 0.4) is 0 Å². The number of pyridine rings is 1. The van der Waals surface area contributed by atoms with Crippen LogP contribution in [0.1, 0.15) is 29.4 Å². The molecule has 6 heteroatoms. The Labute approximate surface area is 117 Å². The summed E-state index contributed by atoms with van der Waals surface area (Å²) in [6, 6.07) is 1.63. The maximum Gasteiger partial charge on any atom is 0.218 e. The zero-order chi connectivity index (χ0) is 14.5. The Bertz CT molecular complexity index is 607. The third-order valence-corrected chi connectivity index (χ3v) is 2.93. The molecule has 0 saturated carbocycles. The number of rotatable bonds is 6. The monoisotopic (exact) mass is 275 g/mol. The molecule has 0 spiro atoms. The van der Waals surface area contributed by atoms with Crippen LogP contribution in [0.4, 0.5) is 0 Å². The van der Waals surface area contributed by atoms with Gasteiger partial charge in [-0.1, -0.05) is 6.92 Å². The van der Waals surface area contributed by atoms with Crippen LogP contribution in [-0.2, 0) is 6.54 Å². The van der Waals surface area contributed by atoms with Crippen LogP contribution in [0.5, 0.6) is 11.5 Å². The summed E-state index contributed by atoms with van der Waals surface area (Å²) < 4.78 is 12.1. The van der Waals surface area contributed by atoms with Gasteiger partial charge in [0.2, 0.25) is 5.78 Å². The number of aromatic nitrogens is 3. The van der Waals surface area contributed by atoms with E-state index in [1.165, 1.54) is 20.4 Å². The second kappa shape index (κ2) is 6.18. The van der Waals surface area contributed by atoms with Crippen molar-refractivity contribution in [3.63, 3.8) is 0 Å². The summed E-state index contributed by atoms with van der Waals surface area (Å²) in [6.45, 7) is 2.67. The highest BCUT2D eigenvalue weighted by Gasteiger charge is 2.23. The van der Waals surface area contributed by atoms with Gasteiger partial charge in [-0.15, -0.1) is 0 Å². The van der Waals surface area contributed by atoms with Crippen molar-refractivity contribution in [2.75, 3.05) is 14.2 Å². The summed E-state index contributed by atoms with van der Waals surface area (Å²) in [7, 11) is 3.03. The second-order valence-corrected chi connectivity index (χ2v) is 4.19. The van der Waals surface area contributed by atoms with Crippen LogP contribution in [-0.4, -0.2) is 34.8 Å². The van der Waals surface area contributed by atoms with E-state index >= 15 is 0 Å². The minimum absolute atomic E-state index is 0.188. The molecule has 0 amide bonds. The van der Waals surface area contributed by atoms with Gasteiger partial charge in [0, 0.05) is 12.7 Å². The lowest BCUT2D eigenvalue weighted by molar-refractivity contribution is 0.102. The number of ether oxygens (including phenoxy) is 2. The molecule has 2 rings (SSSR count). The van der Waals surface area contributed by atoms with Crippen LogP contribution in [0.15, 0.2) is 24.7 Å². The Morgan fingerprint density at radius 2 is 2.00 bits per heavy atom. The third kappa shape index (κ3) is 2.49. The Kier molecular flexibility index (Phi) is 4.34. The Morgan fingerprint density at radius 3 is 2.65 bits per heavy atom. The molecule has 0 aliphatic carbocycles. The number of nitrogens with zero attached hydrogens (tertiary/aromatic N) is 3. The molecule has 0 N–H and O–H groups in total. The fraction of sp³-hybridized carbons (Fsp3) is 0.357. The number of aryl methyl sites for hydroxylation is 1. The largest absolute Gasteiger partial charge is 0.494 e. The van der Waals surface area contributed by atoms with Gasteiger partial charge in [-0.2, -0.15) is 5.10 Å². The van der Waals surface area contributed by atoms with Crippen molar-refractivity contribution in [2.24, 2.45) is 0 Å². The summed E-state index contributed by atoms with van der Waals surface area (Å²) in [4.78, 5) is 16.7. The molecule has 0 fully saturated rings. The smallest absolute Gasteiger partial charge is 0.218 e. The highest BCUT2D eigenvalue weighted by Crippen LogP contribution is 2.25. The predicted octanol–water partition coefficient (Wildman–Crippen LogP) is 1.94. The van der Waals surface area contributed by atoms with E-state index in [1.807, 2.05) is 6.92 Å². The van der Waals surface area contributed by atoms with E-state index < -0.39 is 0 Å². The van der Waals surface area contributed by atoms with Crippen molar-refractivity contribution in [1.29, 1.82) is 0 Å². The van der Waals surface area contributed by atoms with Gasteiger partial charge in [-0.3, -0.25) is 14.5 Å². The molecule has 2 aromatic rings. The zero-order valence-electron chi connectivity index (χ0n) is 11.8. The molecule has 106 valence electrons. The first kappa shape index (κ1) is 14.0. The average molecular weight is 275 g/mol. The Morgan fingerprint density at radius 1 is 1.25 bits per heavy atom. The van der Waals surface area contributed by atoms with Crippen molar-refractivity contribution >= 4 is 5.78 Å². The van der Waals surface area contributed by atoms with E-state index in [9.17, 15) is 4.79 Å². The van der Waals surface area contributed by atoms with Gasteiger partial charge < -0.3 is 9.47 Å². The molecule has 2 heterocycles. The average Bonchev–Trinajstić information content (AvgIpc) is 2.89. The molecule has 0 saturated heterocycles. The number of ketones is 1. The SMILES string of the molecule is CCCn1ncc(OC)c1C(=O)c1ccncc1OC. The van der Waals surface area contributed by atoms with Crippen LogP contribution < -0.4 is 9.47 Å². The quantitative estimate of drug-likeness (QED) is 0.754. The number of methoxy groups -OCH3 is 2. The van der Waals surface area contributed by atoms with E-state index in [1.54, 1.807) is 23.1 Å². The fourth-order valence-electron chi connectivity index (χ4n) is 1.99. The van der Waals surface area contributed by atoms with Crippen molar-refractivity contribution in [3.8, 4) is 11.5 Å². The number of carbonyl (C=O) groups is 1. The Hall–Kier alpha value is -2.37. The summed E-state index contributed by atoms with van der Waals surface area (Å²) in [6.07, 6.45) is 5.50. The summed E-state index contributed by atoms with van der Waals surface area (Å²) in [5.74, 6) is 0.707. The van der Waals surface area contributed by atoms with Gasteiger partial charge in [0.1, 0.15) is 5.75 Å². The van der Waals surface area contributed by atoms with E-state index in [2.05, 4.69) is 10.1 Å². The minimum Gasteiger partial charge on any atom is -0.494 e. The van der Waals surface area contributed by atoms with Crippen LogP contribution in [0, 0.1) is 0 Å². The molecule has 0 unspecified atom stereocenters. The molecular weight excluding hydrogens is 258 g/mol. The topological polar surface area (TPSA) is 66.2 Å². The molecule has 20 heavy (non-hydrogen) atoms. The zero-order valence-corrected chi connectivity index (χ0v) is 11.8. The lowest BCUT2D eigenvalue weighted by Gasteiger charge is -2.10. The van der Waals surface area contributed by atoms with Gasteiger partial charge in [0.05, 0.1) is 32.2 Å². The van der Waals surface area contributed by atoms with Crippen molar-refractivity contribution in [2.45, 2.75) is 19.9 Å². The lowest BCUT2D eigenvalue weighted by Crippen LogP contribution is -2.13. The van der Waals surface area contributed by atoms with E-state index in [0.29, 0.717) is 29.3 Å². The van der Waals surface area contributed by atoms with Gasteiger partial charge >= 0.3 is 0 Å². The van der Waals surface area contributed by atoms with E-state index in [4.69, 9.17) is 9.47 Å². The summed E-state index contributed by atoms with van der Waals surface area (Å²) >= 11 is 0. The third-order valence-electron chi connectivity index (χ3n) is 2.93. The first-order chi connectivity index (χ1) is 9.72. The van der Waals surface area contributed by atoms with E-state index in [-0.39, 0.29) is 5.78 Å². The standard InChI is InChI=1S/C14H17N3O3/c1-4-7-17-13(12(20-3)9-16-17)14(18)10-5-6-15-8-11(10)19-2/h5-6,8-9H,4,7H2,1-3H3. The normalized spacial score (nSPS) is 10.3. The molecule has 0 atom stereocenters. The van der Waals surface area contributed by atoms with Crippen molar-refractivity contribution in [3.05, 3.63) is 35.9 Å². The van der Waals surface area contributed by atoms with Crippen LogP contribution in [0.2, 0.25) is 0 Å². The highest BCUT2D eigenvalue weighted by atomic mass is 16.5. The first-order valence-electron chi connectivity index (χ1n) is 6.35. The summed E-state index contributed by atoms with van der Waals surface area (Å²) in [5.41, 5.74) is 0.873. The predicted molar refractivity (Wildman–Crippen MR) is 73.3 cm³/mol. The molecule has 0 aromatic carbocycles. The first-order valence-corrected chi connectivity index (χ1v) is 6.35. The molecule has 0 aliphatic heterocycles. The molecule has 6 nitrogen and oxygen atoms in total. The van der Waals surface area contributed by atoms with Crippen LogP contribution in [0.25, 0.3) is 0 Å². The number of hydrogen-bond acceptors (Lipinski definition) is 5. The maximum atomic E-state index is 12.7. The molecule has 2 aromatic heterocycles. The van der Waals surface area contributed by atoms with Gasteiger partial charge in [-0.25, -0.2) is 0 Å². The number of carbonyl (C=O) groups excluding carboxylic acids is 1. The van der Waals surface area contributed by atoms with Gasteiger partial charge in [0.25, 0.3) is 0 Å². The molecule has 0 aliphatic rings. The molecule has 0 bridgehead atoms. The highest BCUT2D eigenvalue weighted by molar-refractivity contribution is 6.11.